The third-order valence-electron chi connectivity index (χ3n) is 2.72. The first-order valence-corrected chi connectivity index (χ1v) is 9.24. The summed E-state index contributed by atoms with van der Waals surface area (Å²) in [5, 5.41) is 5.17. The van der Waals surface area contributed by atoms with Crippen LogP contribution < -0.4 is 10.0 Å². The summed E-state index contributed by atoms with van der Waals surface area (Å²) >= 11 is 1.28. The molecule has 0 spiro atoms. The Bertz CT molecular complexity index is 484. The monoisotopic (exact) mass is 319 g/mol. The third-order valence-corrected chi connectivity index (χ3v) is 5.67. The van der Waals surface area contributed by atoms with Gasteiger partial charge in [0, 0.05) is 13.1 Å². The van der Waals surface area contributed by atoms with Crippen LogP contribution in [0.4, 0.5) is 0 Å². The van der Waals surface area contributed by atoms with Gasteiger partial charge in [-0.15, -0.1) is 11.3 Å². The fourth-order valence-electron chi connectivity index (χ4n) is 1.67. The highest BCUT2D eigenvalue weighted by Crippen LogP contribution is 2.19. The topological polar surface area (TPSA) is 61.4 Å². The Morgan fingerprint density at radius 1 is 1.30 bits per heavy atom. The van der Waals surface area contributed by atoms with Crippen molar-refractivity contribution >= 4 is 21.4 Å². The Hall–Kier alpha value is -0.470. The molecule has 0 saturated heterocycles. The van der Waals surface area contributed by atoms with E-state index in [-0.39, 0.29) is 0 Å². The van der Waals surface area contributed by atoms with Crippen molar-refractivity contribution in [2.75, 3.05) is 33.7 Å². The average molecular weight is 319 g/mol. The molecule has 5 nitrogen and oxygen atoms in total. The predicted octanol–water partition coefficient (Wildman–Crippen LogP) is 1.48. The first-order valence-electron chi connectivity index (χ1n) is 6.88. The van der Waals surface area contributed by atoms with E-state index in [9.17, 15) is 8.42 Å². The van der Waals surface area contributed by atoms with Crippen LogP contribution in [0.3, 0.4) is 0 Å². The van der Waals surface area contributed by atoms with Gasteiger partial charge in [0.15, 0.2) is 0 Å². The van der Waals surface area contributed by atoms with Gasteiger partial charge in [-0.2, -0.15) is 0 Å². The van der Waals surface area contributed by atoms with Crippen LogP contribution in [-0.2, 0) is 16.6 Å². The Morgan fingerprint density at radius 2 is 2.05 bits per heavy atom. The summed E-state index contributed by atoms with van der Waals surface area (Å²) < 4.78 is 27.2. The predicted molar refractivity (Wildman–Crippen MR) is 84.7 cm³/mol. The van der Waals surface area contributed by atoms with Gasteiger partial charge in [-0.25, -0.2) is 13.1 Å². The zero-order valence-electron chi connectivity index (χ0n) is 12.5. The van der Waals surface area contributed by atoms with E-state index < -0.39 is 10.0 Å². The summed E-state index contributed by atoms with van der Waals surface area (Å²) in [5.74, 6) is 0. The second-order valence-electron chi connectivity index (χ2n) is 5.01. The number of rotatable bonds is 10. The molecule has 0 aliphatic rings. The van der Waals surface area contributed by atoms with E-state index in [1.807, 2.05) is 24.4 Å². The van der Waals surface area contributed by atoms with Crippen molar-refractivity contribution in [2.24, 2.45) is 0 Å². The second kappa shape index (κ2) is 8.74. The lowest BCUT2D eigenvalue weighted by atomic mass is 10.3. The molecule has 0 aliphatic heterocycles. The number of nitrogens with one attached hydrogen (secondary N) is 2. The standard InChI is InChI=1S/C13H25N3O2S2/c1-4-6-14-10-12-9-13(19-11-12)20(17,18)15-7-5-8-16(2)3/h9,11,14-15H,4-8,10H2,1-3H3. The molecule has 1 heterocycles. The molecule has 0 radical (unpaired) electrons. The Balaban J connectivity index is 2.46. The van der Waals surface area contributed by atoms with Crippen molar-refractivity contribution in [1.29, 1.82) is 0 Å². The minimum atomic E-state index is -3.35. The average Bonchev–Trinajstić information content (AvgIpc) is 2.84. The van der Waals surface area contributed by atoms with E-state index in [0.29, 0.717) is 10.8 Å². The van der Waals surface area contributed by atoms with Gasteiger partial charge in [-0.05, 0) is 57.0 Å². The molecule has 7 heteroatoms. The maximum Gasteiger partial charge on any atom is 0.250 e. The smallest absolute Gasteiger partial charge is 0.250 e. The first-order chi connectivity index (χ1) is 9.45. The highest BCUT2D eigenvalue weighted by molar-refractivity contribution is 7.91. The summed E-state index contributed by atoms with van der Waals surface area (Å²) in [5.41, 5.74) is 1.03. The maximum absolute atomic E-state index is 12.1. The molecule has 0 fully saturated rings. The van der Waals surface area contributed by atoms with Crippen LogP contribution >= 0.6 is 11.3 Å². The highest BCUT2D eigenvalue weighted by atomic mass is 32.2. The molecule has 2 N–H and O–H groups in total. The van der Waals surface area contributed by atoms with Crippen LogP contribution in [0.1, 0.15) is 25.3 Å². The number of thiophene rings is 1. The molecule has 0 aliphatic carbocycles. The fraction of sp³-hybridized carbons (Fsp3) is 0.692. The van der Waals surface area contributed by atoms with Gasteiger partial charge in [0.25, 0.3) is 0 Å². The van der Waals surface area contributed by atoms with Gasteiger partial charge < -0.3 is 10.2 Å². The minimum Gasteiger partial charge on any atom is -0.313 e. The van der Waals surface area contributed by atoms with Crippen molar-refractivity contribution in [3.05, 3.63) is 17.0 Å². The number of hydrogen-bond donors (Lipinski definition) is 2. The lowest BCUT2D eigenvalue weighted by molar-refractivity contribution is 0.400. The van der Waals surface area contributed by atoms with E-state index in [0.717, 1.165) is 38.0 Å². The summed E-state index contributed by atoms with van der Waals surface area (Å²) in [6.07, 6.45) is 1.88. The highest BCUT2D eigenvalue weighted by Gasteiger charge is 2.15. The Labute approximate surface area is 126 Å². The molecule has 0 bridgehead atoms. The van der Waals surface area contributed by atoms with Gasteiger partial charge >= 0.3 is 0 Å². The van der Waals surface area contributed by atoms with E-state index in [1.54, 1.807) is 6.07 Å². The normalized spacial score (nSPS) is 12.2. The van der Waals surface area contributed by atoms with E-state index in [2.05, 4.69) is 17.0 Å². The van der Waals surface area contributed by atoms with Crippen molar-refractivity contribution in [1.82, 2.24) is 14.9 Å². The van der Waals surface area contributed by atoms with Gasteiger partial charge in [0.05, 0.1) is 0 Å². The molecule has 1 aromatic rings. The minimum absolute atomic E-state index is 0.399. The van der Waals surface area contributed by atoms with Crippen LogP contribution in [0.2, 0.25) is 0 Å². The molecular formula is C13H25N3O2S2. The Kier molecular flexibility index (Phi) is 7.68. The zero-order chi connectivity index (χ0) is 15.0. The van der Waals surface area contributed by atoms with E-state index >= 15 is 0 Å². The molecule has 0 atom stereocenters. The molecule has 0 saturated carbocycles. The SMILES string of the molecule is CCCNCc1csc(S(=O)(=O)NCCCN(C)C)c1. The zero-order valence-corrected chi connectivity index (χ0v) is 14.1. The van der Waals surface area contributed by atoms with Gasteiger partial charge in [-0.3, -0.25) is 0 Å². The van der Waals surface area contributed by atoms with Crippen LogP contribution in [0, 0.1) is 0 Å². The number of sulfonamides is 1. The lowest BCUT2D eigenvalue weighted by Gasteiger charge is -2.09. The lowest BCUT2D eigenvalue weighted by Crippen LogP contribution is -2.26. The van der Waals surface area contributed by atoms with Crippen molar-refractivity contribution in [3.63, 3.8) is 0 Å². The second-order valence-corrected chi connectivity index (χ2v) is 7.91. The van der Waals surface area contributed by atoms with Crippen molar-refractivity contribution < 1.29 is 8.42 Å². The number of hydrogen-bond acceptors (Lipinski definition) is 5. The summed E-state index contributed by atoms with van der Waals surface area (Å²) in [7, 11) is 0.605. The largest absolute Gasteiger partial charge is 0.313 e. The Morgan fingerprint density at radius 3 is 2.70 bits per heavy atom. The van der Waals surface area contributed by atoms with Crippen molar-refractivity contribution in [3.8, 4) is 0 Å². The summed E-state index contributed by atoms with van der Waals surface area (Å²) in [6.45, 7) is 5.12. The molecule has 0 unspecified atom stereocenters. The molecule has 1 aromatic heterocycles. The molecule has 20 heavy (non-hydrogen) atoms. The first kappa shape index (κ1) is 17.6. The molecule has 1 rings (SSSR count). The van der Waals surface area contributed by atoms with Crippen LogP contribution in [0.5, 0.6) is 0 Å². The summed E-state index contributed by atoms with van der Waals surface area (Å²) in [4.78, 5) is 2.04. The van der Waals surface area contributed by atoms with Crippen molar-refractivity contribution in [2.45, 2.75) is 30.5 Å². The van der Waals surface area contributed by atoms with Crippen LogP contribution in [-0.4, -0.2) is 47.0 Å². The summed E-state index contributed by atoms with van der Waals surface area (Å²) in [6, 6.07) is 1.75. The third kappa shape index (κ3) is 6.32. The van der Waals surface area contributed by atoms with E-state index in [4.69, 9.17) is 0 Å². The van der Waals surface area contributed by atoms with Gasteiger partial charge in [0.2, 0.25) is 10.0 Å². The molecule has 116 valence electrons. The van der Waals surface area contributed by atoms with Crippen LogP contribution in [0.25, 0.3) is 0 Å². The molecule has 0 amide bonds. The van der Waals surface area contributed by atoms with Gasteiger partial charge in [-0.1, -0.05) is 6.92 Å². The quantitative estimate of drug-likeness (QED) is 0.641. The maximum atomic E-state index is 12.1. The van der Waals surface area contributed by atoms with Crippen LogP contribution in [0.15, 0.2) is 15.7 Å². The number of nitrogens with zero attached hydrogens (tertiary/aromatic N) is 1. The molecular weight excluding hydrogens is 294 g/mol. The molecule has 0 aromatic carbocycles. The van der Waals surface area contributed by atoms with E-state index in [1.165, 1.54) is 11.3 Å². The van der Waals surface area contributed by atoms with Gasteiger partial charge in [0.1, 0.15) is 4.21 Å². The fourth-order valence-corrected chi connectivity index (χ4v) is 4.00.